The third-order valence-electron chi connectivity index (χ3n) is 3.09. The normalized spacial score (nSPS) is 13.9. The van der Waals surface area contributed by atoms with E-state index >= 15 is 0 Å². The summed E-state index contributed by atoms with van der Waals surface area (Å²) in [6, 6.07) is 8.94. The lowest BCUT2D eigenvalue weighted by molar-refractivity contribution is 0.242. The summed E-state index contributed by atoms with van der Waals surface area (Å²) in [6.45, 7) is 8.38. The Morgan fingerprint density at radius 1 is 1.21 bits per heavy atom. The van der Waals surface area contributed by atoms with Crippen LogP contribution in [-0.2, 0) is 0 Å². The number of benzene rings is 1. The first kappa shape index (κ1) is 15.6. The molecule has 0 aliphatic carbocycles. The van der Waals surface area contributed by atoms with Crippen LogP contribution in [0.4, 0.5) is 0 Å². The van der Waals surface area contributed by atoms with Crippen LogP contribution in [0.15, 0.2) is 24.3 Å². The fourth-order valence-corrected chi connectivity index (χ4v) is 2.02. The first-order valence-electron chi connectivity index (χ1n) is 7.03. The van der Waals surface area contributed by atoms with Gasteiger partial charge in [0.05, 0.1) is 6.10 Å². The van der Waals surface area contributed by atoms with Crippen molar-refractivity contribution in [3.63, 3.8) is 0 Å². The average Bonchev–Trinajstić information content (AvgIpc) is 2.38. The van der Waals surface area contributed by atoms with Crippen molar-refractivity contribution in [2.45, 2.75) is 58.7 Å². The van der Waals surface area contributed by atoms with Crippen LogP contribution in [0.25, 0.3) is 0 Å². The molecule has 2 atom stereocenters. The average molecular weight is 259 g/mol. The predicted molar refractivity (Wildman–Crippen MR) is 81.3 cm³/mol. The fourth-order valence-electron chi connectivity index (χ4n) is 2.02. The lowest BCUT2D eigenvalue weighted by Gasteiger charge is -2.21. The first-order chi connectivity index (χ1) is 9.06. The minimum absolute atomic E-state index is 0.210. The van der Waals surface area contributed by atoms with Crippen LogP contribution in [0.3, 0.4) is 0 Å². The van der Waals surface area contributed by atoms with E-state index in [2.05, 4.69) is 37.2 Å². The van der Waals surface area contributed by atoms with Gasteiger partial charge < -0.3 is 10.1 Å². The number of rotatable bonds is 7. The lowest BCUT2D eigenvalue weighted by Crippen LogP contribution is -2.30. The maximum absolute atomic E-state index is 5.64. The van der Waals surface area contributed by atoms with Gasteiger partial charge in [-0.2, -0.15) is 0 Å². The van der Waals surface area contributed by atoms with E-state index < -0.39 is 0 Å². The molecule has 0 aromatic heterocycles. The maximum atomic E-state index is 5.64. The van der Waals surface area contributed by atoms with E-state index in [1.165, 1.54) is 5.56 Å². The molecule has 0 bridgehead atoms. The molecule has 0 saturated heterocycles. The topological polar surface area (TPSA) is 21.3 Å². The standard InChI is InChI=1S/C17H25NO/c1-6-8-16(7-2)18-14(5)15-9-11-17(12-10-15)19-13(3)4/h1,9-14,16,18H,7-8H2,2-5H3. The number of ether oxygens (including phenoxy) is 1. The van der Waals surface area contributed by atoms with Gasteiger partial charge in [0.1, 0.15) is 5.75 Å². The molecular weight excluding hydrogens is 234 g/mol. The van der Waals surface area contributed by atoms with Gasteiger partial charge in [0.2, 0.25) is 0 Å². The van der Waals surface area contributed by atoms with Crippen molar-refractivity contribution < 1.29 is 4.74 Å². The summed E-state index contributed by atoms with van der Waals surface area (Å²) in [5.74, 6) is 3.64. The minimum Gasteiger partial charge on any atom is -0.491 e. The summed E-state index contributed by atoms with van der Waals surface area (Å²) in [5.41, 5.74) is 1.26. The van der Waals surface area contributed by atoms with E-state index in [9.17, 15) is 0 Å². The number of hydrogen-bond donors (Lipinski definition) is 1. The Hall–Kier alpha value is -1.46. The second-order valence-electron chi connectivity index (χ2n) is 5.14. The van der Waals surface area contributed by atoms with Gasteiger partial charge in [-0.05, 0) is 44.9 Å². The molecule has 0 heterocycles. The molecule has 0 amide bonds. The highest BCUT2D eigenvalue weighted by atomic mass is 16.5. The Kier molecular flexibility index (Phi) is 6.45. The molecule has 2 unspecified atom stereocenters. The first-order valence-corrected chi connectivity index (χ1v) is 7.03. The van der Waals surface area contributed by atoms with Crippen molar-refractivity contribution in [1.82, 2.24) is 5.32 Å². The van der Waals surface area contributed by atoms with Crippen LogP contribution < -0.4 is 10.1 Å². The van der Waals surface area contributed by atoms with E-state index in [4.69, 9.17) is 11.2 Å². The van der Waals surface area contributed by atoms with Gasteiger partial charge in [-0.25, -0.2) is 0 Å². The van der Waals surface area contributed by atoms with Gasteiger partial charge in [-0.15, -0.1) is 12.3 Å². The van der Waals surface area contributed by atoms with Gasteiger partial charge >= 0.3 is 0 Å². The van der Waals surface area contributed by atoms with Crippen molar-refractivity contribution in [3.8, 4) is 18.1 Å². The quantitative estimate of drug-likeness (QED) is 0.749. The molecule has 0 radical (unpaired) electrons. The molecule has 104 valence electrons. The third kappa shape index (κ3) is 5.36. The zero-order valence-electron chi connectivity index (χ0n) is 12.4. The fraction of sp³-hybridized carbons (Fsp3) is 0.529. The van der Waals surface area contributed by atoms with Crippen molar-refractivity contribution in [1.29, 1.82) is 0 Å². The van der Waals surface area contributed by atoms with E-state index in [-0.39, 0.29) is 6.10 Å². The molecule has 1 aromatic rings. The SMILES string of the molecule is C#CCC(CC)NC(C)c1ccc(OC(C)C)cc1. The van der Waals surface area contributed by atoms with Crippen LogP contribution in [0.1, 0.15) is 52.1 Å². The lowest BCUT2D eigenvalue weighted by atomic mass is 10.1. The summed E-state index contributed by atoms with van der Waals surface area (Å²) in [4.78, 5) is 0. The highest BCUT2D eigenvalue weighted by molar-refractivity contribution is 5.29. The van der Waals surface area contributed by atoms with Crippen LogP contribution >= 0.6 is 0 Å². The number of nitrogens with one attached hydrogen (secondary N) is 1. The van der Waals surface area contributed by atoms with Gasteiger partial charge in [0, 0.05) is 18.5 Å². The maximum Gasteiger partial charge on any atom is 0.119 e. The van der Waals surface area contributed by atoms with Gasteiger partial charge in [0.15, 0.2) is 0 Å². The summed E-state index contributed by atoms with van der Waals surface area (Å²) < 4.78 is 5.64. The van der Waals surface area contributed by atoms with E-state index in [1.54, 1.807) is 0 Å². The number of terminal acetylenes is 1. The molecule has 1 N–H and O–H groups in total. The van der Waals surface area contributed by atoms with Gasteiger partial charge in [-0.1, -0.05) is 19.1 Å². The predicted octanol–water partition coefficient (Wildman–Crippen LogP) is 3.93. The molecule has 1 rings (SSSR count). The summed E-state index contributed by atoms with van der Waals surface area (Å²) >= 11 is 0. The Bertz CT molecular complexity index is 402. The summed E-state index contributed by atoms with van der Waals surface area (Å²) in [5, 5.41) is 3.56. The van der Waals surface area contributed by atoms with Crippen LogP contribution in [0.2, 0.25) is 0 Å². The molecule has 19 heavy (non-hydrogen) atoms. The van der Waals surface area contributed by atoms with Crippen molar-refractivity contribution in [2.24, 2.45) is 0 Å². The Morgan fingerprint density at radius 2 is 1.84 bits per heavy atom. The molecule has 1 aromatic carbocycles. The van der Waals surface area contributed by atoms with Crippen molar-refractivity contribution >= 4 is 0 Å². The smallest absolute Gasteiger partial charge is 0.119 e. The second-order valence-corrected chi connectivity index (χ2v) is 5.14. The number of hydrogen-bond acceptors (Lipinski definition) is 2. The third-order valence-corrected chi connectivity index (χ3v) is 3.09. The van der Waals surface area contributed by atoms with Crippen LogP contribution in [-0.4, -0.2) is 12.1 Å². The molecule has 0 saturated carbocycles. The highest BCUT2D eigenvalue weighted by Crippen LogP contribution is 2.19. The minimum atomic E-state index is 0.210. The molecule has 0 fully saturated rings. The van der Waals surface area contributed by atoms with E-state index in [0.29, 0.717) is 12.1 Å². The summed E-state index contributed by atoms with van der Waals surface area (Å²) in [6.07, 6.45) is 7.41. The van der Waals surface area contributed by atoms with Crippen molar-refractivity contribution in [2.75, 3.05) is 0 Å². The molecule has 0 aliphatic rings. The van der Waals surface area contributed by atoms with Gasteiger partial charge in [0.25, 0.3) is 0 Å². The van der Waals surface area contributed by atoms with Crippen LogP contribution in [0, 0.1) is 12.3 Å². The molecule has 0 aliphatic heterocycles. The van der Waals surface area contributed by atoms with E-state index in [1.807, 2.05) is 26.0 Å². The van der Waals surface area contributed by atoms with Gasteiger partial charge in [-0.3, -0.25) is 0 Å². The largest absolute Gasteiger partial charge is 0.491 e. The monoisotopic (exact) mass is 259 g/mol. The zero-order chi connectivity index (χ0) is 14.3. The van der Waals surface area contributed by atoms with E-state index in [0.717, 1.165) is 18.6 Å². The summed E-state index contributed by atoms with van der Waals surface area (Å²) in [7, 11) is 0. The Morgan fingerprint density at radius 3 is 2.32 bits per heavy atom. The Balaban J connectivity index is 2.62. The second kappa shape index (κ2) is 7.86. The van der Waals surface area contributed by atoms with Crippen molar-refractivity contribution in [3.05, 3.63) is 29.8 Å². The van der Waals surface area contributed by atoms with Crippen LogP contribution in [0.5, 0.6) is 5.75 Å². The molecule has 2 heteroatoms. The molecule has 2 nitrogen and oxygen atoms in total. The Labute approximate surface area is 117 Å². The molecular formula is C17H25NO. The molecule has 0 spiro atoms. The highest BCUT2D eigenvalue weighted by Gasteiger charge is 2.11. The zero-order valence-corrected chi connectivity index (χ0v) is 12.4.